The van der Waals surface area contributed by atoms with Crippen LogP contribution in [-0.4, -0.2) is 26.5 Å². The molecule has 5 heteroatoms. The highest BCUT2D eigenvalue weighted by Crippen LogP contribution is 2.40. The predicted molar refractivity (Wildman–Crippen MR) is 240 cm³/mol. The summed E-state index contributed by atoms with van der Waals surface area (Å²) in [6, 6.07) is 42.9. The lowest BCUT2D eigenvalue weighted by atomic mass is 9.99. The summed E-state index contributed by atoms with van der Waals surface area (Å²) in [4.78, 5) is 18.7. The Morgan fingerprint density at radius 2 is 0.825 bits per heavy atom. The Bertz CT molecular complexity index is 2830. The monoisotopic (exact) mass is 742 g/mol. The van der Waals surface area contributed by atoms with Crippen LogP contribution < -0.4 is 4.74 Å². The van der Waals surface area contributed by atoms with E-state index >= 15 is 0 Å². The van der Waals surface area contributed by atoms with Gasteiger partial charge in [-0.3, -0.25) is 0 Å². The third-order valence-electron chi connectivity index (χ3n) is 11.2. The number of aromatic amines is 2. The molecule has 3 aromatic heterocycles. The van der Waals surface area contributed by atoms with Gasteiger partial charge in [-0.05, 0) is 127 Å². The number of ether oxygens (including phenoxy) is 1. The Morgan fingerprint density at radius 1 is 0.439 bits per heavy atom. The number of rotatable bonds is 9. The van der Waals surface area contributed by atoms with Gasteiger partial charge in [-0.2, -0.15) is 0 Å². The van der Waals surface area contributed by atoms with Crippen molar-refractivity contribution in [1.82, 2.24) is 19.9 Å². The maximum Gasteiger partial charge on any atom is 0.119 e. The Kier molecular flexibility index (Phi) is 9.73. The fourth-order valence-corrected chi connectivity index (χ4v) is 8.18. The zero-order valence-corrected chi connectivity index (χ0v) is 33.0. The summed E-state index contributed by atoms with van der Waals surface area (Å²) in [5, 5.41) is 0. The molecule has 4 aromatic carbocycles. The summed E-state index contributed by atoms with van der Waals surface area (Å²) >= 11 is 0. The van der Waals surface area contributed by atoms with Crippen molar-refractivity contribution in [3.05, 3.63) is 161 Å². The number of hydrogen-bond acceptors (Lipinski definition) is 3. The molecule has 2 N–H and O–H groups in total. The minimum absolute atomic E-state index is 0.717. The first-order valence-corrected chi connectivity index (χ1v) is 20.0. The van der Waals surface area contributed by atoms with Crippen molar-refractivity contribution in [3.8, 4) is 50.3 Å². The van der Waals surface area contributed by atoms with E-state index in [1.807, 2.05) is 0 Å². The van der Waals surface area contributed by atoms with Crippen LogP contribution in [0, 0.1) is 20.8 Å². The molecule has 5 heterocycles. The Morgan fingerprint density at radius 3 is 1.23 bits per heavy atom. The molecule has 280 valence electrons. The minimum atomic E-state index is 0.717. The average Bonchev–Trinajstić information content (AvgIpc) is 4.07. The molecule has 0 saturated heterocycles. The first-order valence-electron chi connectivity index (χ1n) is 20.0. The van der Waals surface area contributed by atoms with E-state index in [0.717, 1.165) is 108 Å². The third-order valence-corrected chi connectivity index (χ3v) is 11.2. The number of unbranched alkanes of at least 4 members (excludes halogenated alkanes) is 2. The number of fused-ring (bicyclic) bond motifs is 8. The van der Waals surface area contributed by atoms with Gasteiger partial charge in [0.25, 0.3) is 0 Å². The molecular weight excluding hydrogens is 697 g/mol. The largest absolute Gasteiger partial charge is 0.494 e. The van der Waals surface area contributed by atoms with Crippen LogP contribution in [0.3, 0.4) is 0 Å². The maximum atomic E-state index is 6.13. The molecule has 0 fully saturated rings. The quantitative estimate of drug-likeness (QED) is 0.145. The van der Waals surface area contributed by atoms with Crippen LogP contribution in [0.15, 0.2) is 121 Å². The van der Waals surface area contributed by atoms with Crippen LogP contribution in [0.5, 0.6) is 5.75 Å². The van der Waals surface area contributed by atoms with Crippen molar-refractivity contribution in [2.75, 3.05) is 6.61 Å². The van der Waals surface area contributed by atoms with Crippen LogP contribution in [0.25, 0.3) is 90.9 Å². The number of hydrogen-bond donors (Lipinski definition) is 2. The lowest BCUT2D eigenvalue weighted by Gasteiger charge is -2.10. The Labute approximate surface area is 334 Å². The van der Waals surface area contributed by atoms with Gasteiger partial charge in [0.15, 0.2) is 0 Å². The average molecular weight is 743 g/mol. The van der Waals surface area contributed by atoms with Crippen LogP contribution in [0.2, 0.25) is 0 Å². The van der Waals surface area contributed by atoms with Gasteiger partial charge in [0.2, 0.25) is 0 Å². The fraction of sp³-hybridized carbons (Fsp3) is 0.154. The lowest BCUT2D eigenvalue weighted by molar-refractivity contribution is 0.306. The lowest BCUT2D eigenvalue weighted by Crippen LogP contribution is -1.96. The minimum Gasteiger partial charge on any atom is -0.494 e. The number of aromatic nitrogens is 4. The van der Waals surface area contributed by atoms with E-state index in [2.05, 4.69) is 183 Å². The third kappa shape index (κ3) is 6.91. The van der Waals surface area contributed by atoms with Gasteiger partial charge >= 0.3 is 0 Å². The predicted octanol–water partition coefficient (Wildman–Crippen LogP) is 13.8. The molecule has 0 aliphatic carbocycles. The number of nitrogens with zero attached hydrogens (tertiary/aromatic N) is 2. The molecule has 2 aliphatic rings. The smallest absolute Gasteiger partial charge is 0.119 e. The standard InChI is InChI=1S/C52H46N4O/c1-5-6-13-32-57-37-22-20-36(21-23-37)49-41-24-26-43(53-41)50(38-17-10-7-14-33(38)2)45-28-30-47(55-45)52(40-19-12-9-16-35(40)4)48-31-29-46(56-48)51(44-27-25-42(49)54-44)39-18-11-8-15-34(39)3/h7-12,14-31,53,56H,5-6,13,32H2,1-4H3. The van der Waals surface area contributed by atoms with Crippen LogP contribution in [0.1, 0.15) is 65.7 Å². The number of aryl methyl sites for hydroxylation is 3. The molecule has 0 saturated carbocycles. The molecule has 57 heavy (non-hydrogen) atoms. The normalized spacial score (nSPS) is 12.0. The molecule has 0 atom stereocenters. The van der Waals surface area contributed by atoms with Crippen molar-refractivity contribution >= 4 is 46.4 Å². The van der Waals surface area contributed by atoms with Gasteiger partial charge in [0.05, 0.1) is 29.4 Å². The summed E-state index contributed by atoms with van der Waals surface area (Å²) in [5.74, 6) is 0.875. The second-order valence-corrected chi connectivity index (χ2v) is 15.0. The summed E-state index contributed by atoms with van der Waals surface area (Å²) in [6.07, 6.45) is 12.0. The second-order valence-electron chi connectivity index (χ2n) is 15.0. The highest BCUT2D eigenvalue weighted by Gasteiger charge is 2.20. The molecule has 0 amide bonds. The van der Waals surface area contributed by atoms with E-state index in [-0.39, 0.29) is 0 Å². The van der Waals surface area contributed by atoms with Gasteiger partial charge in [-0.1, -0.05) is 105 Å². The first kappa shape index (κ1) is 35.9. The first-order chi connectivity index (χ1) is 28.0. The Balaban J connectivity index is 1.41. The fourth-order valence-electron chi connectivity index (χ4n) is 8.18. The van der Waals surface area contributed by atoms with Crippen LogP contribution in [-0.2, 0) is 0 Å². The highest BCUT2D eigenvalue weighted by molar-refractivity contribution is 6.00. The molecule has 5 nitrogen and oxygen atoms in total. The molecule has 9 rings (SSSR count). The van der Waals surface area contributed by atoms with Crippen molar-refractivity contribution in [2.45, 2.75) is 47.0 Å². The number of H-pyrrole nitrogens is 2. The van der Waals surface area contributed by atoms with Crippen LogP contribution >= 0.6 is 0 Å². The molecule has 0 radical (unpaired) electrons. The number of nitrogens with one attached hydrogen (secondary N) is 2. The van der Waals surface area contributed by atoms with E-state index in [4.69, 9.17) is 14.7 Å². The topological polar surface area (TPSA) is 66.6 Å². The van der Waals surface area contributed by atoms with Crippen molar-refractivity contribution < 1.29 is 4.74 Å². The molecular formula is C52H46N4O. The molecule has 2 aliphatic heterocycles. The van der Waals surface area contributed by atoms with Gasteiger partial charge in [-0.15, -0.1) is 0 Å². The number of benzene rings is 4. The van der Waals surface area contributed by atoms with Crippen LogP contribution in [0.4, 0.5) is 0 Å². The molecule has 0 unspecified atom stereocenters. The second kappa shape index (κ2) is 15.4. The zero-order chi connectivity index (χ0) is 38.9. The summed E-state index contributed by atoms with van der Waals surface area (Å²) in [6.45, 7) is 9.44. The summed E-state index contributed by atoms with van der Waals surface area (Å²) in [7, 11) is 0. The van der Waals surface area contributed by atoms with E-state index < -0.39 is 0 Å². The SMILES string of the molecule is CCCCCOc1ccc(-c2c3nc(c(-c4ccccc4C)c4ccc([nH]4)c(-c4ccccc4C)c4nc(c(-c5ccccc5C)c5ccc2[nH]5)C=C4)C=C3)cc1. The van der Waals surface area contributed by atoms with Gasteiger partial charge in [0.1, 0.15) is 5.75 Å². The highest BCUT2D eigenvalue weighted by atomic mass is 16.5. The van der Waals surface area contributed by atoms with Gasteiger partial charge in [0, 0.05) is 44.3 Å². The van der Waals surface area contributed by atoms with Crippen molar-refractivity contribution in [1.29, 1.82) is 0 Å². The van der Waals surface area contributed by atoms with E-state index in [1.165, 1.54) is 23.1 Å². The molecule has 8 bridgehead atoms. The Hall–Kier alpha value is -6.72. The van der Waals surface area contributed by atoms with E-state index in [1.54, 1.807) is 0 Å². The zero-order valence-electron chi connectivity index (χ0n) is 33.0. The maximum absolute atomic E-state index is 6.13. The summed E-state index contributed by atoms with van der Waals surface area (Å²) in [5.41, 5.74) is 19.7. The van der Waals surface area contributed by atoms with E-state index in [9.17, 15) is 0 Å². The molecule has 0 spiro atoms. The van der Waals surface area contributed by atoms with Crippen molar-refractivity contribution in [3.63, 3.8) is 0 Å². The molecule has 7 aromatic rings. The van der Waals surface area contributed by atoms with E-state index in [0.29, 0.717) is 6.61 Å². The van der Waals surface area contributed by atoms with Gasteiger partial charge in [-0.25, -0.2) is 9.97 Å². The summed E-state index contributed by atoms with van der Waals surface area (Å²) < 4.78 is 6.13. The van der Waals surface area contributed by atoms with Gasteiger partial charge < -0.3 is 14.7 Å². The van der Waals surface area contributed by atoms with Crippen molar-refractivity contribution in [2.24, 2.45) is 0 Å².